The van der Waals surface area contributed by atoms with Crippen molar-refractivity contribution in [3.8, 4) is 0 Å². The van der Waals surface area contributed by atoms with Crippen LogP contribution < -0.4 is 0 Å². The maximum Gasteiger partial charge on any atom is -0.171 e. The van der Waals surface area contributed by atoms with Crippen molar-refractivity contribution in [2.45, 2.75) is 27.7 Å². The number of halogens is 4. The summed E-state index contributed by atoms with van der Waals surface area (Å²) in [6, 6.07) is 25.9. The number of hydrogen-bond acceptors (Lipinski definition) is 0. The summed E-state index contributed by atoms with van der Waals surface area (Å²) in [6.45, 7) is 8.19. The monoisotopic (exact) mass is 702 g/mol. The molecule has 0 saturated heterocycles. The van der Waals surface area contributed by atoms with E-state index in [0.29, 0.717) is 11.8 Å². The van der Waals surface area contributed by atoms with Crippen molar-refractivity contribution in [1.29, 1.82) is 0 Å². The molecule has 0 N–H and O–H groups in total. The molecule has 2 unspecified atom stereocenters. The van der Waals surface area contributed by atoms with Gasteiger partial charge in [-0.05, 0) is 24.3 Å². The molecule has 5 rings (SSSR count). The SMILES string of the molecule is CC1=[C-]C(C)C=C1c1cccc(F)c1.CC1=[C-]C(C)C=C1c1cccc(F)c1.Cl.Cl.[CH3-].[Ge]=[Zr].[c-]1ccccc1. The van der Waals surface area contributed by atoms with E-state index in [9.17, 15) is 8.78 Å². The number of rotatable bonds is 2. The summed E-state index contributed by atoms with van der Waals surface area (Å²) < 4.78 is 26.0. The first-order valence-electron chi connectivity index (χ1n) is 11.7. The van der Waals surface area contributed by atoms with Gasteiger partial charge in [0.1, 0.15) is 11.6 Å². The van der Waals surface area contributed by atoms with Crippen LogP contribution in [-0.2, 0) is 21.6 Å². The average molecular weight is 703 g/mol. The maximum absolute atomic E-state index is 13.0. The fourth-order valence-electron chi connectivity index (χ4n) is 3.95. The fraction of sp³-hybridized carbons (Fsp3) is 0.182. The Morgan fingerprint density at radius 2 is 1.05 bits per heavy atom. The van der Waals surface area contributed by atoms with Crippen LogP contribution in [0.5, 0.6) is 0 Å². The smallest absolute Gasteiger partial charge is 0.171 e. The molecule has 2 aliphatic carbocycles. The molecule has 0 nitrogen and oxygen atoms in total. The van der Waals surface area contributed by atoms with Gasteiger partial charge in [0.05, 0.1) is 0 Å². The van der Waals surface area contributed by atoms with Gasteiger partial charge in [-0.1, -0.05) is 74.9 Å². The molecule has 0 saturated carbocycles. The molecule has 0 amide bonds. The van der Waals surface area contributed by atoms with Crippen LogP contribution in [0.1, 0.15) is 38.8 Å². The van der Waals surface area contributed by atoms with E-state index in [1.807, 2.05) is 56.3 Å². The van der Waals surface area contributed by atoms with Gasteiger partial charge >= 0.3 is 33.7 Å². The second kappa shape index (κ2) is 21.3. The minimum Gasteiger partial charge on any atom is -0.184 e. The first-order chi connectivity index (χ1) is 17.3. The Morgan fingerprint density at radius 1 is 0.667 bits per heavy atom. The van der Waals surface area contributed by atoms with Crippen molar-refractivity contribution < 1.29 is 30.4 Å². The first kappa shape index (κ1) is 39.6. The van der Waals surface area contributed by atoms with Gasteiger partial charge in [-0.2, -0.15) is 59.7 Å². The Morgan fingerprint density at radius 3 is 1.28 bits per heavy atom. The third-order valence-corrected chi connectivity index (χ3v) is 5.41. The van der Waals surface area contributed by atoms with E-state index >= 15 is 0 Å². The molecule has 6 heteroatoms. The van der Waals surface area contributed by atoms with Crippen molar-refractivity contribution in [1.82, 2.24) is 0 Å². The van der Waals surface area contributed by atoms with Crippen molar-refractivity contribution in [2.24, 2.45) is 11.8 Å². The summed E-state index contributed by atoms with van der Waals surface area (Å²) in [5.74, 6) is 0.313. The molecule has 3 aromatic rings. The Kier molecular flexibility index (Phi) is 21.6. The zero-order valence-corrected chi connectivity index (χ0v) is 29.1. The number of benzene rings is 3. The minimum absolute atomic E-state index is 0. The molecule has 0 aliphatic heterocycles. The van der Waals surface area contributed by atoms with Crippen LogP contribution in [0.3, 0.4) is 0 Å². The van der Waals surface area contributed by atoms with Crippen molar-refractivity contribution in [2.75, 3.05) is 0 Å². The van der Waals surface area contributed by atoms with Gasteiger partial charge in [0.2, 0.25) is 0 Å². The average Bonchev–Trinajstić information content (AvgIpc) is 3.41. The van der Waals surface area contributed by atoms with Crippen molar-refractivity contribution in [3.63, 3.8) is 0 Å². The van der Waals surface area contributed by atoms with E-state index in [0.717, 1.165) is 33.4 Å². The summed E-state index contributed by atoms with van der Waals surface area (Å²) >= 11 is 3.64. The summed E-state index contributed by atoms with van der Waals surface area (Å²) in [6.07, 6.45) is 10.8. The van der Waals surface area contributed by atoms with E-state index in [2.05, 4.69) is 56.4 Å². The largest absolute Gasteiger partial charge is 0.184 e. The molecule has 0 bridgehead atoms. The summed E-state index contributed by atoms with van der Waals surface area (Å²) in [5.41, 5.74) is 6.33. The van der Waals surface area contributed by atoms with Crippen LogP contribution in [0.2, 0.25) is 0 Å². The van der Waals surface area contributed by atoms with Gasteiger partial charge in [0.15, 0.2) is 0 Å². The van der Waals surface area contributed by atoms with E-state index < -0.39 is 0 Å². The van der Waals surface area contributed by atoms with Gasteiger partial charge in [-0.15, -0.1) is 24.8 Å². The molecule has 3 aromatic carbocycles. The second-order valence-corrected chi connectivity index (χ2v) is 8.37. The normalized spacial score (nSPS) is 16.1. The van der Waals surface area contributed by atoms with E-state index in [1.165, 1.54) is 12.1 Å². The van der Waals surface area contributed by atoms with Crippen molar-refractivity contribution in [3.05, 3.63) is 151 Å². The maximum atomic E-state index is 13.0. The van der Waals surface area contributed by atoms with Crippen LogP contribution in [-0.4, -0.2) is 12.1 Å². The Hall–Kier alpha value is -1.51. The van der Waals surface area contributed by atoms with Crippen molar-refractivity contribution >= 4 is 48.1 Å². The van der Waals surface area contributed by atoms with E-state index in [1.54, 1.807) is 45.9 Å². The van der Waals surface area contributed by atoms with Gasteiger partial charge in [-0.3, -0.25) is 12.2 Å². The van der Waals surface area contributed by atoms with Crippen LogP contribution in [0.4, 0.5) is 8.78 Å². The quantitative estimate of drug-likeness (QED) is 0.184. The van der Waals surface area contributed by atoms with Crippen LogP contribution in [0.15, 0.2) is 102 Å². The summed E-state index contributed by atoms with van der Waals surface area (Å²) in [5, 5.41) is 0. The fourth-order valence-corrected chi connectivity index (χ4v) is 3.95. The molecule has 39 heavy (non-hydrogen) atoms. The van der Waals surface area contributed by atoms with E-state index in [4.69, 9.17) is 0 Å². The van der Waals surface area contributed by atoms with Gasteiger partial charge in [-0.25, -0.2) is 19.9 Å². The molecule has 0 aromatic heterocycles. The molecule has 206 valence electrons. The molecule has 2 radical (unpaired) electrons. The molecule has 0 heterocycles. The minimum atomic E-state index is -0.184. The second-order valence-electron chi connectivity index (χ2n) is 8.37. The molecule has 0 fully saturated rings. The van der Waals surface area contributed by atoms with Gasteiger partial charge in [0.25, 0.3) is 0 Å². The standard InChI is InChI=1S/2C13H12F.C6H5.CH3.2ClH.Ge.Zr/c2*1-9-6-10(2)13(7-9)11-4-3-5-12(14)8-11;1-2-4-6-5-3-1;;;;;/h2*3-5,7-9H,1-2H3;1-5H;1H3;2*1H;;/q4*-1;;;;. The summed E-state index contributed by atoms with van der Waals surface area (Å²) in [4.78, 5) is 0. The third kappa shape index (κ3) is 13.6. The molecule has 2 atom stereocenters. The molecular formula is C33H34Cl2F2GeZr-4. The Balaban J connectivity index is 0. The van der Waals surface area contributed by atoms with Crippen LogP contribution in [0, 0.1) is 49.1 Å². The van der Waals surface area contributed by atoms with E-state index in [-0.39, 0.29) is 43.9 Å². The zero-order valence-electron chi connectivity index (χ0n) is 22.9. The molecular weight excluding hydrogens is 669 g/mol. The first-order valence-corrected chi connectivity index (χ1v) is 19.1. The predicted octanol–water partition coefficient (Wildman–Crippen LogP) is 9.61. The Labute approximate surface area is 266 Å². The predicted molar refractivity (Wildman–Crippen MR) is 164 cm³/mol. The van der Waals surface area contributed by atoms with Gasteiger partial charge in [0, 0.05) is 0 Å². The topological polar surface area (TPSA) is 0 Å². The van der Waals surface area contributed by atoms with Gasteiger partial charge < -0.3 is 7.43 Å². The number of allylic oxidation sites excluding steroid dienone is 8. The third-order valence-electron chi connectivity index (χ3n) is 5.41. The summed E-state index contributed by atoms with van der Waals surface area (Å²) in [7, 11) is 0. The molecule has 2 aliphatic rings. The Bertz CT molecular complexity index is 1150. The number of hydrogen-bond donors (Lipinski definition) is 0. The zero-order chi connectivity index (χ0) is 26.5. The molecule has 0 spiro atoms. The van der Waals surface area contributed by atoms with Crippen LogP contribution >= 0.6 is 24.8 Å². The van der Waals surface area contributed by atoms with Crippen LogP contribution in [0.25, 0.3) is 11.1 Å².